The van der Waals surface area contributed by atoms with Gasteiger partial charge in [0, 0.05) is 33.6 Å². The van der Waals surface area contributed by atoms with Crippen molar-refractivity contribution < 1.29 is 28.5 Å². The average molecular weight is 601 g/mol. The molecule has 0 radical (unpaired) electrons. The number of hydrogen-bond donors (Lipinski definition) is 0. The van der Waals surface area contributed by atoms with Crippen molar-refractivity contribution in [3.05, 3.63) is 68.1 Å². The summed E-state index contributed by atoms with van der Waals surface area (Å²) in [5.74, 6) is 0.656. The van der Waals surface area contributed by atoms with Gasteiger partial charge in [-0.15, -0.1) is 0 Å². The van der Waals surface area contributed by atoms with E-state index in [1.807, 2.05) is 35.2 Å². The predicted molar refractivity (Wildman–Crippen MR) is 132 cm³/mol. The Balaban J connectivity index is 0.00000231. The van der Waals surface area contributed by atoms with Gasteiger partial charge in [-0.1, -0.05) is 46.3 Å². The van der Waals surface area contributed by atoms with Crippen molar-refractivity contribution in [1.82, 2.24) is 0 Å². The number of rotatable bonds is 5. The third-order valence-electron chi connectivity index (χ3n) is 5.65. The summed E-state index contributed by atoms with van der Waals surface area (Å²) in [6.45, 7) is 6.26. The number of aromatic nitrogens is 1. The van der Waals surface area contributed by atoms with E-state index in [-0.39, 0.29) is 24.0 Å². The van der Waals surface area contributed by atoms with Crippen molar-refractivity contribution in [2.24, 2.45) is 5.92 Å². The minimum absolute atomic E-state index is 0. The highest BCUT2D eigenvalue weighted by molar-refractivity contribution is 8.03. The fourth-order valence-corrected chi connectivity index (χ4v) is 6.66. The van der Waals surface area contributed by atoms with Crippen LogP contribution < -0.4 is 33.4 Å². The topological polar surface area (TPSA) is 7.12 Å². The molecule has 162 valence electrons. The largest absolute Gasteiger partial charge is 1.00 e. The first-order chi connectivity index (χ1) is 14.6. The molecule has 1 aliphatic carbocycles. The predicted octanol–water partition coefficient (Wildman–Crippen LogP) is 4.79. The molecule has 2 nitrogen and oxygen atoms in total. The van der Waals surface area contributed by atoms with Gasteiger partial charge in [-0.2, -0.15) is 4.57 Å². The van der Waals surface area contributed by atoms with Crippen LogP contribution in [-0.2, 0) is 6.54 Å². The molecule has 0 N–H and O–H groups in total. The molecule has 1 saturated carbocycles. The summed E-state index contributed by atoms with van der Waals surface area (Å²) >= 11 is 16.2. The fourth-order valence-electron chi connectivity index (χ4n) is 3.99. The average Bonchev–Trinajstić information content (AvgIpc) is 3.44. The second-order valence-electron chi connectivity index (χ2n) is 7.66. The summed E-state index contributed by atoms with van der Waals surface area (Å²) < 4.78 is 3.66. The highest BCUT2D eigenvalue weighted by Gasteiger charge is 2.30. The number of thiazole rings is 1. The van der Waals surface area contributed by atoms with Gasteiger partial charge in [0.1, 0.15) is 11.2 Å². The Bertz CT molecular complexity index is 1200. The molecule has 0 atom stereocenters. The van der Waals surface area contributed by atoms with Crippen LogP contribution in [0.4, 0.5) is 5.69 Å². The van der Waals surface area contributed by atoms with E-state index in [2.05, 4.69) is 59.7 Å². The Kier molecular flexibility index (Phi) is 7.28. The first kappa shape index (κ1) is 23.4. The maximum absolute atomic E-state index is 6.27. The number of benzene rings is 2. The minimum atomic E-state index is 0. The number of fused-ring (bicyclic) bond motifs is 2. The standard InChI is InChI=1S/C24H23Cl2N2S2.HI/c1-3-27-19-13-17(25)7-9-21(19)29-23(27)11-16(15-5-6-15)12-24-28(4-2)20-14-18(26)8-10-22(20)30-24;/h7-15H,3-6H2,1-2H3;1H/q+1;/p-1. The van der Waals surface area contributed by atoms with Gasteiger partial charge in [0.05, 0.1) is 10.7 Å². The zero-order valence-electron chi connectivity index (χ0n) is 17.4. The number of thioether (sulfide) groups is 1. The molecule has 0 saturated heterocycles. The Hall–Kier alpha value is -0.730. The lowest BCUT2D eigenvalue weighted by Gasteiger charge is -2.18. The molecule has 0 unspecified atom stereocenters. The summed E-state index contributed by atoms with van der Waals surface area (Å²) in [6.07, 6.45) is 7.34. The molecule has 2 aromatic carbocycles. The molecule has 2 heterocycles. The zero-order chi connectivity index (χ0) is 20.8. The Labute approximate surface area is 218 Å². The summed E-state index contributed by atoms with van der Waals surface area (Å²) in [7, 11) is 0. The van der Waals surface area contributed by atoms with Crippen molar-refractivity contribution >= 4 is 68.3 Å². The zero-order valence-corrected chi connectivity index (χ0v) is 22.7. The lowest BCUT2D eigenvalue weighted by atomic mass is 10.1. The quantitative estimate of drug-likeness (QED) is 0.307. The Morgan fingerprint density at radius 1 is 1.13 bits per heavy atom. The fraction of sp³-hybridized carbons (Fsp3) is 0.292. The lowest BCUT2D eigenvalue weighted by Crippen LogP contribution is -3.00. The van der Waals surface area contributed by atoms with Crippen LogP contribution in [0.3, 0.4) is 0 Å². The molecule has 5 rings (SSSR count). The smallest absolute Gasteiger partial charge is 0.263 e. The van der Waals surface area contributed by atoms with Gasteiger partial charge in [0.15, 0.2) is 0 Å². The lowest BCUT2D eigenvalue weighted by molar-refractivity contribution is -0.665. The maximum Gasteiger partial charge on any atom is 0.263 e. The van der Waals surface area contributed by atoms with Crippen LogP contribution in [0.25, 0.3) is 16.3 Å². The maximum atomic E-state index is 6.27. The van der Waals surface area contributed by atoms with Crippen LogP contribution in [0.15, 0.2) is 58.0 Å². The van der Waals surface area contributed by atoms with Gasteiger partial charge in [-0.3, -0.25) is 0 Å². The van der Waals surface area contributed by atoms with Gasteiger partial charge in [0.25, 0.3) is 5.01 Å². The Morgan fingerprint density at radius 3 is 2.58 bits per heavy atom. The van der Waals surface area contributed by atoms with Gasteiger partial charge < -0.3 is 28.9 Å². The minimum Gasteiger partial charge on any atom is -1.00 e. The number of nitrogens with zero attached hydrogens (tertiary/aromatic N) is 2. The van der Waals surface area contributed by atoms with E-state index in [4.69, 9.17) is 23.2 Å². The summed E-state index contributed by atoms with van der Waals surface area (Å²) in [4.78, 5) is 3.66. The number of aryl methyl sites for hydroxylation is 1. The van der Waals surface area contributed by atoms with E-state index in [9.17, 15) is 0 Å². The number of halogens is 3. The van der Waals surface area contributed by atoms with E-state index in [1.165, 1.54) is 49.3 Å². The van der Waals surface area contributed by atoms with Crippen LogP contribution in [0.2, 0.25) is 10.0 Å². The van der Waals surface area contributed by atoms with Crippen molar-refractivity contribution in [2.45, 2.75) is 38.1 Å². The van der Waals surface area contributed by atoms with E-state index in [0.29, 0.717) is 5.92 Å². The van der Waals surface area contributed by atoms with Crippen molar-refractivity contribution in [3.8, 4) is 0 Å². The van der Waals surface area contributed by atoms with Crippen molar-refractivity contribution in [2.75, 3.05) is 11.4 Å². The van der Waals surface area contributed by atoms with Crippen molar-refractivity contribution in [1.29, 1.82) is 0 Å². The molecule has 31 heavy (non-hydrogen) atoms. The molecule has 2 aliphatic rings. The molecule has 1 aliphatic heterocycles. The van der Waals surface area contributed by atoms with E-state index < -0.39 is 0 Å². The number of anilines is 1. The van der Waals surface area contributed by atoms with Gasteiger partial charge in [0.2, 0.25) is 5.52 Å². The van der Waals surface area contributed by atoms with Crippen LogP contribution in [0.5, 0.6) is 0 Å². The van der Waals surface area contributed by atoms with Gasteiger partial charge >= 0.3 is 0 Å². The molecule has 1 fully saturated rings. The number of hydrogen-bond acceptors (Lipinski definition) is 3. The van der Waals surface area contributed by atoms with Crippen LogP contribution >= 0.6 is 46.3 Å². The molecule has 0 spiro atoms. The van der Waals surface area contributed by atoms with Crippen LogP contribution in [-0.4, -0.2) is 6.54 Å². The summed E-state index contributed by atoms with van der Waals surface area (Å²) in [5, 5.41) is 4.17. The van der Waals surface area contributed by atoms with E-state index >= 15 is 0 Å². The third kappa shape index (κ3) is 4.67. The Morgan fingerprint density at radius 2 is 1.87 bits per heavy atom. The molecule has 3 aromatic rings. The summed E-state index contributed by atoms with van der Waals surface area (Å²) in [6, 6.07) is 12.4. The SMILES string of the molecule is CCN1/C(=C/C(=C/c2sc3ccc(Cl)cc3[n+]2CC)C2CC2)Sc2ccc(Cl)cc21.[I-]. The molecule has 0 amide bonds. The molecular formula is C24H23Cl2IN2S2. The number of allylic oxidation sites excluding steroid dienone is 2. The van der Waals surface area contributed by atoms with E-state index in [0.717, 1.165) is 23.1 Å². The van der Waals surface area contributed by atoms with Crippen LogP contribution in [0.1, 0.15) is 31.7 Å². The second kappa shape index (κ2) is 9.64. The first-order valence-electron chi connectivity index (χ1n) is 10.4. The second-order valence-corrected chi connectivity index (χ2v) is 10.7. The molecule has 1 aromatic heterocycles. The van der Waals surface area contributed by atoms with Crippen LogP contribution in [0, 0.1) is 5.92 Å². The molecule has 7 heteroatoms. The monoisotopic (exact) mass is 600 g/mol. The highest BCUT2D eigenvalue weighted by atomic mass is 127. The van der Waals surface area contributed by atoms with Gasteiger partial charge in [-0.05, 0) is 74.6 Å². The van der Waals surface area contributed by atoms with Gasteiger partial charge in [-0.25, -0.2) is 0 Å². The molecule has 0 bridgehead atoms. The third-order valence-corrected chi connectivity index (χ3v) is 8.34. The summed E-state index contributed by atoms with van der Waals surface area (Å²) in [5.41, 5.74) is 3.86. The van der Waals surface area contributed by atoms with E-state index in [1.54, 1.807) is 0 Å². The molecular weight excluding hydrogens is 578 g/mol. The highest BCUT2D eigenvalue weighted by Crippen LogP contribution is 2.49. The first-order valence-corrected chi connectivity index (χ1v) is 12.8. The normalized spacial score (nSPS) is 17.4. The van der Waals surface area contributed by atoms with Crippen molar-refractivity contribution in [3.63, 3.8) is 0 Å².